The highest BCUT2D eigenvalue weighted by Crippen LogP contribution is 2.17. The average molecular weight is 168 g/mol. The van der Waals surface area contributed by atoms with Crippen molar-refractivity contribution in [1.29, 1.82) is 0 Å². The summed E-state index contributed by atoms with van der Waals surface area (Å²) < 4.78 is 0. The van der Waals surface area contributed by atoms with Crippen LogP contribution in [-0.4, -0.2) is 4.98 Å². The summed E-state index contributed by atoms with van der Waals surface area (Å²) in [6.07, 6.45) is 12.6. The molecule has 1 aromatic heterocycles. The van der Waals surface area contributed by atoms with Crippen molar-refractivity contribution in [3.63, 3.8) is 0 Å². The molecule has 0 amide bonds. The summed E-state index contributed by atoms with van der Waals surface area (Å²) in [7, 11) is 0. The Morgan fingerprint density at radius 3 is 3.15 bits per heavy atom. The van der Waals surface area contributed by atoms with Crippen LogP contribution in [0.15, 0.2) is 36.2 Å². The first-order chi connectivity index (χ1) is 6.40. The Bertz CT molecular complexity index is 422. The number of pyridine rings is 1. The second-order valence-corrected chi connectivity index (χ2v) is 2.66. The van der Waals surface area contributed by atoms with Gasteiger partial charge in [0.15, 0.2) is 0 Å². The normalized spacial score (nSPS) is 13.3. The maximum atomic E-state index is 5.28. The average Bonchev–Trinajstić information content (AvgIpc) is 2.39. The van der Waals surface area contributed by atoms with E-state index >= 15 is 0 Å². The van der Waals surface area contributed by atoms with Gasteiger partial charge < -0.3 is 5.32 Å². The number of rotatable bonds is 0. The van der Waals surface area contributed by atoms with E-state index in [2.05, 4.69) is 16.2 Å². The van der Waals surface area contributed by atoms with E-state index in [0.717, 1.165) is 17.0 Å². The summed E-state index contributed by atoms with van der Waals surface area (Å²) in [5, 5.41) is 3.10. The predicted octanol–water partition coefficient (Wildman–Crippen LogP) is 2.04. The van der Waals surface area contributed by atoms with E-state index < -0.39 is 0 Å². The Labute approximate surface area is 77.0 Å². The first kappa shape index (κ1) is 7.63. The van der Waals surface area contributed by atoms with Gasteiger partial charge in [0.1, 0.15) is 0 Å². The summed E-state index contributed by atoms with van der Waals surface area (Å²) in [5.74, 6) is 2.56. The molecule has 0 spiro atoms. The molecule has 0 aliphatic carbocycles. The van der Waals surface area contributed by atoms with Gasteiger partial charge in [-0.2, -0.15) is 0 Å². The molecule has 62 valence electrons. The first-order valence-electron chi connectivity index (χ1n) is 3.96. The fraction of sp³-hybridized carbons (Fsp3) is 0. The monoisotopic (exact) mass is 168 g/mol. The molecule has 13 heavy (non-hydrogen) atoms. The summed E-state index contributed by atoms with van der Waals surface area (Å²) >= 11 is 0. The van der Waals surface area contributed by atoms with Gasteiger partial charge in [-0.3, -0.25) is 4.98 Å². The van der Waals surface area contributed by atoms with Crippen LogP contribution in [0, 0.1) is 12.3 Å². The first-order valence-corrected chi connectivity index (χ1v) is 3.96. The third-order valence-electron chi connectivity index (χ3n) is 1.81. The van der Waals surface area contributed by atoms with Crippen molar-refractivity contribution < 1.29 is 0 Å². The molecule has 0 radical (unpaired) electrons. The van der Waals surface area contributed by atoms with Crippen LogP contribution in [0.25, 0.3) is 6.08 Å². The van der Waals surface area contributed by atoms with Crippen molar-refractivity contribution in [1.82, 2.24) is 4.98 Å². The molecule has 2 heterocycles. The quantitative estimate of drug-likeness (QED) is 0.599. The van der Waals surface area contributed by atoms with Crippen molar-refractivity contribution in [3.8, 4) is 12.3 Å². The second-order valence-electron chi connectivity index (χ2n) is 2.66. The Morgan fingerprint density at radius 1 is 1.38 bits per heavy atom. The third-order valence-corrected chi connectivity index (χ3v) is 1.81. The minimum Gasteiger partial charge on any atom is -0.359 e. The van der Waals surface area contributed by atoms with E-state index in [9.17, 15) is 0 Å². The maximum Gasteiger partial charge on any atom is 0.0864 e. The molecule has 1 aliphatic heterocycles. The number of terminal acetylenes is 1. The largest absolute Gasteiger partial charge is 0.359 e. The fourth-order valence-corrected chi connectivity index (χ4v) is 1.13. The summed E-state index contributed by atoms with van der Waals surface area (Å²) in [5.41, 5.74) is 2.70. The van der Waals surface area contributed by atoms with Gasteiger partial charge in [-0.1, -0.05) is 5.92 Å². The van der Waals surface area contributed by atoms with E-state index in [1.54, 1.807) is 12.4 Å². The number of nitrogens with one attached hydrogen (secondary N) is 1. The fourth-order valence-electron chi connectivity index (χ4n) is 1.13. The van der Waals surface area contributed by atoms with Crippen molar-refractivity contribution in [2.75, 3.05) is 5.32 Å². The van der Waals surface area contributed by atoms with Crippen molar-refractivity contribution >= 4 is 11.8 Å². The zero-order valence-electron chi connectivity index (χ0n) is 6.99. The van der Waals surface area contributed by atoms with Crippen LogP contribution in [0.5, 0.6) is 0 Å². The number of hydrogen-bond acceptors (Lipinski definition) is 2. The maximum absolute atomic E-state index is 5.28. The number of nitrogens with zero attached hydrogens (tertiary/aromatic N) is 1. The zero-order valence-corrected chi connectivity index (χ0v) is 6.99. The van der Waals surface area contributed by atoms with Gasteiger partial charge in [0.05, 0.1) is 11.4 Å². The lowest BCUT2D eigenvalue weighted by Gasteiger charge is -2.01. The Morgan fingerprint density at radius 2 is 2.31 bits per heavy atom. The molecule has 0 fully saturated rings. The van der Waals surface area contributed by atoms with E-state index in [1.807, 2.05) is 24.3 Å². The van der Waals surface area contributed by atoms with Gasteiger partial charge in [0.25, 0.3) is 0 Å². The molecule has 0 saturated carbocycles. The predicted molar refractivity (Wildman–Crippen MR) is 53.8 cm³/mol. The van der Waals surface area contributed by atoms with Gasteiger partial charge in [-0.25, -0.2) is 0 Å². The Balaban J connectivity index is 2.46. The highest BCUT2D eigenvalue weighted by Gasteiger charge is 2.01. The Kier molecular flexibility index (Phi) is 1.85. The van der Waals surface area contributed by atoms with Crippen LogP contribution < -0.4 is 5.32 Å². The lowest BCUT2D eigenvalue weighted by atomic mass is 10.2. The van der Waals surface area contributed by atoms with Crippen LogP contribution in [-0.2, 0) is 0 Å². The molecule has 1 aliphatic rings. The van der Waals surface area contributed by atoms with Gasteiger partial charge >= 0.3 is 0 Å². The van der Waals surface area contributed by atoms with E-state index in [-0.39, 0.29) is 0 Å². The highest BCUT2D eigenvalue weighted by atomic mass is 14.9. The topological polar surface area (TPSA) is 24.9 Å². The van der Waals surface area contributed by atoms with Gasteiger partial charge in [-0.15, -0.1) is 6.42 Å². The molecule has 2 nitrogen and oxygen atoms in total. The van der Waals surface area contributed by atoms with E-state index in [1.165, 1.54) is 0 Å². The molecule has 0 unspecified atom stereocenters. The van der Waals surface area contributed by atoms with E-state index in [4.69, 9.17) is 6.42 Å². The minimum absolute atomic E-state index is 0.818. The molecule has 1 aromatic rings. The molecular formula is C11H8N2. The van der Waals surface area contributed by atoms with Crippen molar-refractivity contribution in [2.45, 2.75) is 0 Å². The number of allylic oxidation sites excluding steroid dienone is 2. The molecule has 1 N–H and O–H groups in total. The smallest absolute Gasteiger partial charge is 0.0864 e. The molecule has 0 atom stereocenters. The van der Waals surface area contributed by atoms with Crippen LogP contribution >= 0.6 is 0 Å². The number of anilines is 1. The summed E-state index contributed by atoms with van der Waals surface area (Å²) in [6, 6.07) is 3.84. The molecule has 0 aromatic carbocycles. The van der Waals surface area contributed by atoms with Crippen molar-refractivity contribution in [2.24, 2.45) is 0 Å². The standard InChI is InChI=1S/C11H8N2/c1-2-9-5-6-11-10(13-8-9)4-3-7-12-11/h1,3-8,13H. The van der Waals surface area contributed by atoms with Crippen LogP contribution in [0.4, 0.5) is 5.69 Å². The van der Waals surface area contributed by atoms with Crippen molar-refractivity contribution in [3.05, 3.63) is 41.9 Å². The number of aromatic nitrogens is 1. The van der Waals surface area contributed by atoms with E-state index in [0.29, 0.717) is 0 Å². The number of fused-ring (bicyclic) bond motifs is 1. The summed E-state index contributed by atoms with van der Waals surface area (Å²) in [6.45, 7) is 0. The zero-order chi connectivity index (χ0) is 9.10. The van der Waals surface area contributed by atoms with Crippen LogP contribution in [0.2, 0.25) is 0 Å². The SMILES string of the molecule is C#CC1=CNc2cccnc2C=C1. The highest BCUT2D eigenvalue weighted by molar-refractivity contribution is 5.69. The van der Waals surface area contributed by atoms with Crippen LogP contribution in [0.1, 0.15) is 5.69 Å². The van der Waals surface area contributed by atoms with Gasteiger partial charge in [0.2, 0.25) is 0 Å². The third kappa shape index (κ3) is 1.45. The molecule has 0 bridgehead atoms. The van der Waals surface area contributed by atoms with Gasteiger partial charge in [-0.05, 0) is 24.3 Å². The minimum atomic E-state index is 0.818. The lowest BCUT2D eigenvalue weighted by molar-refractivity contribution is 1.29. The lowest BCUT2D eigenvalue weighted by Crippen LogP contribution is -1.91. The van der Waals surface area contributed by atoms with Crippen LogP contribution in [0.3, 0.4) is 0 Å². The Hall–Kier alpha value is -2.01. The molecular weight excluding hydrogens is 160 g/mol. The molecule has 2 heteroatoms. The molecule has 0 saturated heterocycles. The van der Waals surface area contributed by atoms with Gasteiger partial charge in [0, 0.05) is 18.0 Å². The second kappa shape index (κ2) is 3.16. The molecule has 2 rings (SSSR count). The summed E-state index contributed by atoms with van der Waals surface area (Å²) in [4.78, 5) is 4.20. The number of hydrogen-bond donors (Lipinski definition) is 1.